The first-order chi connectivity index (χ1) is 15.9. The molecule has 0 bridgehead atoms. The van der Waals surface area contributed by atoms with Crippen molar-refractivity contribution < 1.29 is 14.7 Å². The Morgan fingerprint density at radius 3 is 2.33 bits per heavy atom. The summed E-state index contributed by atoms with van der Waals surface area (Å²) in [5.74, 6) is -0.400. The molecule has 1 aromatic heterocycles. The lowest BCUT2D eigenvalue weighted by Crippen LogP contribution is -2.42. The van der Waals surface area contributed by atoms with Crippen LogP contribution in [0.5, 0.6) is 5.75 Å². The number of aromatic hydroxyl groups is 1. The van der Waals surface area contributed by atoms with Crippen LogP contribution in [0.3, 0.4) is 0 Å². The minimum Gasteiger partial charge on any atom is -0.508 e. The maximum Gasteiger partial charge on any atom is 0.242 e. The number of benzene rings is 2. The van der Waals surface area contributed by atoms with E-state index in [0.717, 1.165) is 16.7 Å². The minimum atomic E-state index is -0.645. The van der Waals surface area contributed by atoms with E-state index in [4.69, 9.17) is 11.1 Å². The van der Waals surface area contributed by atoms with Crippen LogP contribution >= 0.6 is 0 Å². The topological polar surface area (TPSA) is 156 Å². The third-order valence-electron chi connectivity index (χ3n) is 5.09. The SMILES string of the molecule is N=C(N)c1ccc(CNC(C(=O)NCC(=O)NCCc2ccc(O)cc2)c2cc[nH]c2)cc1. The predicted octanol–water partition coefficient (Wildman–Crippen LogP) is 1.31. The van der Waals surface area contributed by atoms with E-state index in [-0.39, 0.29) is 29.9 Å². The zero-order chi connectivity index (χ0) is 23.6. The highest BCUT2D eigenvalue weighted by atomic mass is 16.3. The summed E-state index contributed by atoms with van der Waals surface area (Å²) in [7, 11) is 0. The summed E-state index contributed by atoms with van der Waals surface area (Å²) in [6.45, 7) is 0.708. The van der Waals surface area contributed by atoms with Gasteiger partial charge in [0.25, 0.3) is 0 Å². The van der Waals surface area contributed by atoms with Crippen molar-refractivity contribution >= 4 is 17.6 Å². The highest BCUT2D eigenvalue weighted by Gasteiger charge is 2.21. The molecule has 2 amide bonds. The normalized spacial score (nSPS) is 11.5. The van der Waals surface area contributed by atoms with E-state index in [0.29, 0.717) is 25.1 Å². The van der Waals surface area contributed by atoms with Crippen LogP contribution in [0.2, 0.25) is 0 Å². The molecule has 33 heavy (non-hydrogen) atoms. The molecule has 1 heterocycles. The first-order valence-electron chi connectivity index (χ1n) is 10.5. The summed E-state index contributed by atoms with van der Waals surface area (Å²) in [6.07, 6.45) is 4.08. The molecule has 9 heteroatoms. The van der Waals surface area contributed by atoms with Gasteiger partial charge in [-0.25, -0.2) is 0 Å². The summed E-state index contributed by atoms with van der Waals surface area (Å²) in [6, 6.07) is 15.2. The van der Waals surface area contributed by atoms with Crippen LogP contribution in [-0.2, 0) is 22.6 Å². The second-order valence-electron chi connectivity index (χ2n) is 7.55. The Balaban J connectivity index is 1.49. The van der Waals surface area contributed by atoms with E-state index in [9.17, 15) is 14.7 Å². The summed E-state index contributed by atoms with van der Waals surface area (Å²) < 4.78 is 0. The quantitative estimate of drug-likeness (QED) is 0.174. The van der Waals surface area contributed by atoms with E-state index < -0.39 is 6.04 Å². The van der Waals surface area contributed by atoms with Gasteiger partial charge < -0.3 is 26.5 Å². The number of nitrogen functional groups attached to an aromatic ring is 1. The average molecular weight is 449 g/mol. The zero-order valence-corrected chi connectivity index (χ0v) is 18.1. The summed E-state index contributed by atoms with van der Waals surface area (Å²) in [5.41, 5.74) is 8.79. The number of carbonyl (C=O) groups excluding carboxylic acids is 2. The molecule has 172 valence electrons. The third-order valence-corrected chi connectivity index (χ3v) is 5.09. The lowest BCUT2D eigenvalue weighted by atomic mass is 10.1. The molecule has 0 saturated carbocycles. The van der Waals surface area contributed by atoms with Crippen LogP contribution < -0.4 is 21.7 Å². The lowest BCUT2D eigenvalue weighted by molar-refractivity contribution is -0.127. The van der Waals surface area contributed by atoms with E-state index in [2.05, 4.69) is 20.9 Å². The molecule has 0 aliphatic rings. The summed E-state index contributed by atoms with van der Waals surface area (Å²) in [4.78, 5) is 27.9. The zero-order valence-electron chi connectivity index (χ0n) is 18.1. The third kappa shape index (κ3) is 7.22. The number of H-pyrrole nitrogens is 1. The molecule has 0 radical (unpaired) electrons. The van der Waals surface area contributed by atoms with Gasteiger partial charge in [0.15, 0.2) is 0 Å². The van der Waals surface area contributed by atoms with Crippen molar-refractivity contribution in [3.8, 4) is 5.75 Å². The van der Waals surface area contributed by atoms with Crippen LogP contribution in [-0.4, -0.2) is 40.8 Å². The molecule has 0 saturated heterocycles. The van der Waals surface area contributed by atoms with Crippen LogP contribution in [0.15, 0.2) is 67.0 Å². The van der Waals surface area contributed by atoms with Crippen LogP contribution in [0, 0.1) is 5.41 Å². The number of aromatic nitrogens is 1. The summed E-state index contributed by atoms with van der Waals surface area (Å²) in [5, 5.41) is 25.4. The van der Waals surface area contributed by atoms with Crippen LogP contribution in [0.1, 0.15) is 28.3 Å². The molecule has 8 N–H and O–H groups in total. The van der Waals surface area contributed by atoms with E-state index in [1.54, 1.807) is 54.9 Å². The Bertz CT molecular complexity index is 1060. The van der Waals surface area contributed by atoms with Gasteiger partial charge in [0.2, 0.25) is 11.8 Å². The molecule has 3 aromatic rings. The van der Waals surface area contributed by atoms with Gasteiger partial charge in [-0.3, -0.25) is 20.3 Å². The van der Waals surface area contributed by atoms with Gasteiger partial charge in [0.05, 0.1) is 6.54 Å². The number of rotatable bonds is 11. The number of hydrogen-bond donors (Lipinski definition) is 7. The molecule has 1 atom stereocenters. The van der Waals surface area contributed by atoms with E-state index >= 15 is 0 Å². The maximum atomic E-state index is 12.8. The number of amidine groups is 1. The number of phenols is 1. The Morgan fingerprint density at radius 2 is 1.70 bits per heavy atom. The van der Waals surface area contributed by atoms with Crippen molar-refractivity contribution in [2.24, 2.45) is 5.73 Å². The maximum absolute atomic E-state index is 12.8. The number of amides is 2. The molecule has 3 rings (SSSR count). The Morgan fingerprint density at radius 1 is 1.00 bits per heavy atom. The van der Waals surface area contributed by atoms with Gasteiger partial charge in [-0.15, -0.1) is 0 Å². The lowest BCUT2D eigenvalue weighted by Gasteiger charge is -2.18. The average Bonchev–Trinajstić information content (AvgIpc) is 3.34. The van der Waals surface area contributed by atoms with Gasteiger partial charge >= 0.3 is 0 Å². The highest BCUT2D eigenvalue weighted by molar-refractivity contribution is 5.94. The van der Waals surface area contributed by atoms with Crippen molar-refractivity contribution in [1.82, 2.24) is 20.9 Å². The van der Waals surface area contributed by atoms with Gasteiger partial charge in [-0.2, -0.15) is 0 Å². The number of nitrogens with one attached hydrogen (secondary N) is 5. The van der Waals surface area contributed by atoms with Crippen LogP contribution in [0.25, 0.3) is 0 Å². The van der Waals surface area contributed by atoms with Gasteiger partial charge in [-0.05, 0) is 41.3 Å². The molecule has 1 unspecified atom stereocenters. The number of carbonyl (C=O) groups is 2. The molecule has 0 aliphatic carbocycles. The fraction of sp³-hybridized carbons (Fsp3) is 0.208. The first kappa shape index (κ1) is 23.6. The van der Waals surface area contributed by atoms with E-state index in [1.807, 2.05) is 12.1 Å². The molecule has 9 nitrogen and oxygen atoms in total. The number of nitrogens with two attached hydrogens (primary N) is 1. The largest absolute Gasteiger partial charge is 0.508 e. The van der Waals surface area contributed by atoms with Crippen molar-refractivity contribution in [3.05, 3.63) is 89.2 Å². The molecule has 0 fully saturated rings. The Kier molecular flexibility index (Phi) is 8.20. The van der Waals surface area contributed by atoms with Crippen molar-refractivity contribution in [3.63, 3.8) is 0 Å². The fourth-order valence-electron chi connectivity index (χ4n) is 3.24. The number of hydrogen-bond acceptors (Lipinski definition) is 5. The van der Waals surface area contributed by atoms with E-state index in [1.165, 1.54) is 0 Å². The summed E-state index contributed by atoms with van der Waals surface area (Å²) >= 11 is 0. The smallest absolute Gasteiger partial charge is 0.242 e. The fourth-order valence-corrected chi connectivity index (χ4v) is 3.24. The first-order valence-corrected chi connectivity index (χ1v) is 10.5. The van der Waals surface area contributed by atoms with Crippen molar-refractivity contribution in [2.45, 2.75) is 19.0 Å². The van der Waals surface area contributed by atoms with Crippen LogP contribution in [0.4, 0.5) is 0 Å². The second-order valence-corrected chi connectivity index (χ2v) is 7.55. The number of phenolic OH excluding ortho intramolecular Hbond substituents is 1. The Labute approximate surface area is 191 Å². The minimum absolute atomic E-state index is 0.000397. The van der Waals surface area contributed by atoms with Gasteiger partial charge in [0, 0.05) is 31.0 Å². The number of aromatic amines is 1. The molecule has 0 aliphatic heterocycles. The highest BCUT2D eigenvalue weighted by Crippen LogP contribution is 2.14. The molecular formula is C24H28N6O3. The molecule has 2 aromatic carbocycles. The van der Waals surface area contributed by atoms with Crippen molar-refractivity contribution in [1.29, 1.82) is 5.41 Å². The standard InChI is InChI=1S/C24H28N6O3/c25-23(26)18-5-1-17(2-6-18)13-29-22(19-10-11-27-14-19)24(33)30-15-21(32)28-12-9-16-3-7-20(31)8-4-16/h1-8,10-11,14,22,27,29,31H,9,12-13,15H2,(H3,25,26)(H,28,32)(H,30,33). The molecular weight excluding hydrogens is 420 g/mol. The van der Waals surface area contributed by atoms with Gasteiger partial charge in [0.1, 0.15) is 17.6 Å². The van der Waals surface area contributed by atoms with Gasteiger partial charge in [-0.1, -0.05) is 36.4 Å². The Hall–Kier alpha value is -4.11. The monoisotopic (exact) mass is 448 g/mol. The second kappa shape index (κ2) is 11.5. The molecule has 0 spiro atoms. The predicted molar refractivity (Wildman–Crippen MR) is 126 cm³/mol. The van der Waals surface area contributed by atoms with Crippen molar-refractivity contribution in [2.75, 3.05) is 13.1 Å².